The maximum Gasteiger partial charge on any atom is 0.109 e. The van der Waals surface area contributed by atoms with E-state index in [0.29, 0.717) is 11.5 Å². The molecular formula is C13H15FeOS-. The van der Waals surface area contributed by atoms with Crippen LogP contribution in [0.2, 0.25) is 0 Å². The van der Waals surface area contributed by atoms with Crippen LogP contribution in [0.1, 0.15) is 0 Å². The van der Waals surface area contributed by atoms with E-state index in [1.807, 2.05) is 60.9 Å². The zero-order valence-corrected chi connectivity index (χ0v) is 11.0. The van der Waals surface area contributed by atoms with Crippen LogP contribution in [0.3, 0.4) is 0 Å². The van der Waals surface area contributed by atoms with Gasteiger partial charge in [0.1, 0.15) is 5.76 Å². The van der Waals surface area contributed by atoms with Crippen molar-refractivity contribution in [1.82, 2.24) is 0 Å². The molecule has 0 saturated carbocycles. The number of aliphatic hydroxyl groups is 1. The van der Waals surface area contributed by atoms with Crippen molar-refractivity contribution < 1.29 is 22.2 Å². The van der Waals surface area contributed by atoms with Crippen molar-refractivity contribution in [2.24, 2.45) is 0 Å². The molecule has 0 unspecified atom stereocenters. The standard InChI is InChI=1S/C8H10OS.C5H5.Fe/c1-10-6-8(9)7-4-2-3-5-7;1-2-4-5-3-1;/h2-5,9H,6H2,1H3;1-5H;/q;-1;. The molecular weight excluding hydrogens is 260 g/mol. The third kappa shape index (κ3) is 5.96. The Labute approximate surface area is 112 Å². The summed E-state index contributed by atoms with van der Waals surface area (Å²) in [6.45, 7) is 0. The molecule has 1 aromatic rings. The van der Waals surface area contributed by atoms with Crippen molar-refractivity contribution in [2.45, 2.75) is 0 Å². The number of hydrogen-bond donors (Lipinski definition) is 1. The van der Waals surface area contributed by atoms with Crippen LogP contribution in [-0.4, -0.2) is 17.1 Å². The predicted molar refractivity (Wildman–Crippen MR) is 68.4 cm³/mol. The Morgan fingerprint density at radius 2 is 1.81 bits per heavy atom. The van der Waals surface area contributed by atoms with Crippen LogP contribution < -0.4 is 0 Å². The van der Waals surface area contributed by atoms with Crippen LogP contribution in [0.15, 0.2) is 66.0 Å². The molecule has 0 radical (unpaired) electrons. The fraction of sp³-hybridized carbons (Fsp3) is 0.154. The third-order valence-corrected chi connectivity index (χ3v) is 2.39. The van der Waals surface area contributed by atoms with Gasteiger partial charge in [0.05, 0.1) is 5.75 Å². The quantitative estimate of drug-likeness (QED) is 0.504. The number of rotatable bonds is 2. The molecule has 0 spiro atoms. The molecule has 0 saturated heterocycles. The first-order chi connectivity index (χ1) is 7.34. The van der Waals surface area contributed by atoms with E-state index < -0.39 is 0 Å². The summed E-state index contributed by atoms with van der Waals surface area (Å²) in [5.74, 6) is 1.17. The molecule has 0 aromatic heterocycles. The summed E-state index contributed by atoms with van der Waals surface area (Å²) < 4.78 is 0. The first-order valence-electron chi connectivity index (χ1n) is 4.77. The van der Waals surface area contributed by atoms with E-state index in [1.54, 1.807) is 11.8 Å². The first-order valence-corrected chi connectivity index (χ1v) is 6.16. The largest absolute Gasteiger partial charge is 0.511 e. The van der Waals surface area contributed by atoms with Crippen LogP contribution in [-0.2, 0) is 17.1 Å². The summed E-state index contributed by atoms with van der Waals surface area (Å²) >= 11 is 1.62. The Balaban J connectivity index is 0.000000318. The minimum Gasteiger partial charge on any atom is -0.511 e. The molecule has 0 heterocycles. The Bertz CT molecular complexity index is 319. The van der Waals surface area contributed by atoms with E-state index in [0.717, 1.165) is 5.57 Å². The average Bonchev–Trinajstić information content (AvgIpc) is 2.95. The second kappa shape index (κ2) is 9.46. The number of thioether (sulfide) groups is 1. The van der Waals surface area contributed by atoms with Crippen molar-refractivity contribution in [3.63, 3.8) is 0 Å². The molecule has 0 aliphatic heterocycles. The summed E-state index contributed by atoms with van der Waals surface area (Å²) in [5, 5.41) is 9.31. The van der Waals surface area contributed by atoms with E-state index in [1.165, 1.54) is 0 Å². The van der Waals surface area contributed by atoms with Gasteiger partial charge in [0, 0.05) is 22.6 Å². The Kier molecular flexibility index (Phi) is 9.01. The van der Waals surface area contributed by atoms with Gasteiger partial charge in [-0.25, -0.2) is 12.1 Å². The molecule has 0 bridgehead atoms. The Hall–Kier alpha value is -0.761. The number of allylic oxidation sites excluding steroid dienone is 5. The fourth-order valence-corrected chi connectivity index (χ4v) is 1.55. The normalized spacial score (nSPS) is 11.7. The monoisotopic (exact) mass is 275 g/mol. The van der Waals surface area contributed by atoms with E-state index >= 15 is 0 Å². The zero-order valence-electron chi connectivity index (χ0n) is 9.11. The molecule has 1 aromatic carbocycles. The summed E-state index contributed by atoms with van der Waals surface area (Å²) in [7, 11) is 0. The van der Waals surface area contributed by atoms with Crippen LogP contribution in [0.4, 0.5) is 0 Å². The minimum atomic E-state index is 0. The van der Waals surface area contributed by atoms with E-state index in [2.05, 4.69) is 0 Å². The third-order valence-electron chi connectivity index (χ3n) is 1.83. The van der Waals surface area contributed by atoms with Crippen LogP contribution in [0.5, 0.6) is 0 Å². The van der Waals surface area contributed by atoms with Gasteiger partial charge >= 0.3 is 0 Å². The van der Waals surface area contributed by atoms with Crippen molar-refractivity contribution in [3.05, 3.63) is 66.0 Å². The van der Waals surface area contributed by atoms with Crippen molar-refractivity contribution in [1.29, 1.82) is 0 Å². The maximum absolute atomic E-state index is 9.31. The van der Waals surface area contributed by atoms with E-state index in [-0.39, 0.29) is 17.1 Å². The smallest absolute Gasteiger partial charge is 0.109 e. The van der Waals surface area contributed by atoms with Gasteiger partial charge in [-0.15, -0.1) is 0 Å². The van der Waals surface area contributed by atoms with Gasteiger partial charge in [0.25, 0.3) is 0 Å². The Morgan fingerprint density at radius 1 is 1.25 bits per heavy atom. The Morgan fingerprint density at radius 3 is 2.19 bits per heavy atom. The fourth-order valence-electron chi connectivity index (χ4n) is 1.11. The molecule has 1 aliphatic rings. The van der Waals surface area contributed by atoms with Gasteiger partial charge in [-0.2, -0.15) is 30.0 Å². The van der Waals surface area contributed by atoms with Gasteiger partial charge in [-0.05, 0) is 6.26 Å². The van der Waals surface area contributed by atoms with Gasteiger partial charge in [-0.1, -0.05) is 24.3 Å². The maximum atomic E-state index is 9.31. The van der Waals surface area contributed by atoms with Gasteiger partial charge in [0.2, 0.25) is 0 Å². The molecule has 88 valence electrons. The minimum absolute atomic E-state index is 0. The molecule has 16 heavy (non-hydrogen) atoms. The van der Waals surface area contributed by atoms with Crippen molar-refractivity contribution >= 4 is 11.8 Å². The second-order valence-electron chi connectivity index (χ2n) is 3.02. The van der Waals surface area contributed by atoms with E-state index in [9.17, 15) is 5.11 Å². The summed E-state index contributed by atoms with van der Waals surface area (Å²) in [4.78, 5) is 0. The second-order valence-corrected chi connectivity index (χ2v) is 3.88. The molecule has 1 aliphatic carbocycles. The van der Waals surface area contributed by atoms with Crippen LogP contribution >= 0.6 is 11.8 Å². The van der Waals surface area contributed by atoms with Crippen LogP contribution in [0.25, 0.3) is 0 Å². The van der Waals surface area contributed by atoms with Gasteiger partial charge < -0.3 is 5.11 Å². The number of aliphatic hydroxyl groups excluding tert-OH is 1. The molecule has 2 rings (SSSR count). The molecule has 0 atom stereocenters. The van der Waals surface area contributed by atoms with Crippen LogP contribution in [0, 0.1) is 0 Å². The average molecular weight is 275 g/mol. The van der Waals surface area contributed by atoms with Gasteiger partial charge in [-0.3, -0.25) is 0 Å². The summed E-state index contributed by atoms with van der Waals surface area (Å²) in [6.07, 6.45) is 9.63. The molecule has 1 N–H and O–H groups in total. The number of hydrogen-bond acceptors (Lipinski definition) is 2. The summed E-state index contributed by atoms with van der Waals surface area (Å²) in [5.41, 5.74) is 0.939. The molecule has 0 fully saturated rings. The molecule has 0 amide bonds. The summed E-state index contributed by atoms with van der Waals surface area (Å²) in [6, 6.07) is 10.0. The zero-order chi connectivity index (χ0) is 10.9. The van der Waals surface area contributed by atoms with Gasteiger partial charge in [0.15, 0.2) is 0 Å². The molecule has 3 heteroatoms. The molecule has 1 nitrogen and oxygen atoms in total. The van der Waals surface area contributed by atoms with Crippen molar-refractivity contribution in [3.8, 4) is 0 Å². The van der Waals surface area contributed by atoms with E-state index in [4.69, 9.17) is 0 Å². The predicted octanol–water partition coefficient (Wildman–Crippen LogP) is 3.69. The SMILES string of the molecule is CSCC(O)=C1C=CC=C1.[Fe].c1cc[cH-]c1. The first kappa shape index (κ1) is 15.2. The topological polar surface area (TPSA) is 20.2 Å². The van der Waals surface area contributed by atoms with Crippen molar-refractivity contribution in [2.75, 3.05) is 12.0 Å².